The fraction of sp³-hybridized carbons (Fsp3) is 0.688. The molecule has 1 amide bonds. The molecule has 3 rings (SSSR count). The smallest absolute Gasteiger partial charge is 0.252 e. The van der Waals surface area contributed by atoms with Gasteiger partial charge in [0.1, 0.15) is 0 Å². The van der Waals surface area contributed by atoms with E-state index in [4.69, 9.17) is 0 Å². The van der Waals surface area contributed by atoms with Crippen LogP contribution in [0, 0.1) is 5.92 Å². The molecular weight excluding hydrogens is 292 g/mol. The Morgan fingerprint density at radius 1 is 1.33 bits per heavy atom. The van der Waals surface area contributed by atoms with Crippen LogP contribution in [-0.2, 0) is 12.8 Å². The van der Waals surface area contributed by atoms with Gasteiger partial charge in [0, 0.05) is 29.6 Å². The van der Waals surface area contributed by atoms with Crippen molar-refractivity contribution in [3.63, 3.8) is 0 Å². The molecule has 0 saturated heterocycles. The van der Waals surface area contributed by atoms with Gasteiger partial charge < -0.3 is 5.32 Å². The predicted octanol–water partition coefficient (Wildman–Crippen LogP) is 4.18. The predicted molar refractivity (Wildman–Crippen MR) is 80.2 cm³/mol. The molecule has 1 N–H and O–H groups in total. The van der Waals surface area contributed by atoms with E-state index in [0.717, 1.165) is 31.2 Å². The first kappa shape index (κ1) is 14.9. The molecule has 116 valence electrons. The third kappa shape index (κ3) is 3.44. The number of carbonyl (C=O) groups is 1. The van der Waals surface area contributed by atoms with Crippen molar-refractivity contribution in [2.45, 2.75) is 57.3 Å². The lowest BCUT2D eigenvalue weighted by Gasteiger charge is -2.28. The molecule has 1 atom stereocenters. The summed E-state index contributed by atoms with van der Waals surface area (Å²) < 4.78 is 26.7. The second-order valence-corrected chi connectivity index (χ2v) is 7.25. The van der Waals surface area contributed by atoms with Crippen LogP contribution in [0.4, 0.5) is 8.78 Å². The maximum Gasteiger partial charge on any atom is 0.252 e. The number of hydrogen-bond acceptors (Lipinski definition) is 2. The molecule has 2 aliphatic rings. The second-order valence-electron chi connectivity index (χ2n) is 6.29. The Balaban J connectivity index is 1.58. The minimum absolute atomic E-state index is 0.00448. The number of nitrogens with one attached hydrogen (secondary N) is 1. The Kier molecular flexibility index (Phi) is 4.29. The molecule has 1 unspecified atom stereocenters. The standard InChI is InChI=1S/C16H21F2NOS/c17-16(18)7-3-4-11(8-16)9-19-15(20)13-10-21-14-6-2-1-5-12(13)14/h10-11H,1-9H2,(H,19,20). The van der Waals surface area contributed by atoms with Crippen molar-refractivity contribution in [1.82, 2.24) is 5.32 Å². The highest BCUT2D eigenvalue weighted by molar-refractivity contribution is 7.10. The van der Waals surface area contributed by atoms with E-state index >= 15 is 0 Å². The molecule has 0 radical (unpaired) electrons. The maximum atomic E-state index is 13.4. The molecule has 0 aliphatic heterocycles. The Labute approximate surface area is 127 Å². The van der Waals surface area contributed by atoms with Crippen molar-refractivity contribution in [1.29, 1.82) is 0 Å². The number of thiophene rings is 1. The molecule has 1 aromatic rings. The fourth-order valence-electron chi connectivity index (χ4n) is 3.47. The zero-order valence-corrected chi connectivity index (χ0v) is 12.9. The van der Waals surface area contributed by atoms with Crippen molar-refractivity contribution in [3.8, 4) is 0 Å². The summed E-state index contributed by atoms with van der Waals surface area (Å²) in [6, 6.07) is 0. The summed E-state index contributed by atoms with van der Waals surface area (Å²) in [4.78, 5) is 13.6. The molecule has 0 bridgehead atoms. The molecule has 2 aliphatic carbocycles. The van der Waals surface area contributed by atoms with Gasteiger partial charge in [0.15, 0.2) is 0 Å². The van der Waals surface area contributed by atoms with Crippen LogP contribution in [0.3, 0.4) is 0 Å². The summed E-state index contributed by atoms with van der Waals surface area (Å²) in [5, 5.41) is 4.81. The summed E-state index contributed by atoms with van der Waals surface area (Å²) in [6.07, 6.45) is 5.64. The van der Waals surface area contributed by atoms with E-state index < -0.39 is 5.92 Å². The van der Waals surface area contributed by atoms with Gasteiger partial charge in [-0.05, 0) is 50.0 Å². The second kappa shape index (κ2) is 6.03. The Hall–Kier alpha value is -0.970. The first-order chi connectivity index (χ1) is 10.1. The number of aryl methyl sites for hydroxylation is 1. The molecule has 1 heterocycles. The number of halogens is 2. The average Bonchev–Trinajstić information content (AvgIpc) is 2.88. The van der Waals surface area contributed by atoms with Gasteiger partial charge in [-0.15, -0.1) is 11.3 Å². The van der Waals surface area contributed by atoms with Crippen LogP contribution in [0.1, 0.15) is 59.3 Å². The van der Waals surface area contributed by atoms with Gasteiger partial charge >= 0.3 is 0 Å². The molecule has 2 nitrogen and oxygen atoms in total. The highest BCUT2D eigenvalue weighted by Crippen LogP contribution is 2.36. The van der Waals surface area contributed by atoms with Gasteiger partial charge in [0.05, 0.1) is 5.56 Å². The number of fused-ring (bicyclic) bond motifs is 1. The largest absolute Gasteiger partial charge is 0.352 e. The van der Waals surface area contributed by atoms with Crippen LogP contribution in [0.15, 0.2) is 5.38 Å². The Morgan fingerprint density at radius 3 is 2.95 bits per heavy atom. The number of hydrogen-bond donors (Lipinski definition) is 1. The molecule has 0 aromatic carbocycles. The van der Waals surface area contributed by atoms with Crippen LogP contribution in [0.25, 0.3) is 0 Å². The van der Waals surface area contributed by atoms with Crippen molar-refractivity contribution in [3.05, 3.63) is 21.4 Å². The third-order valence-electron chi connectivity index (χ3n) is 4.60. The maximum absolute atomic E-state index is 13.4. The van der Waals surface area contributed by atoms with E-state index in [-0.39, 0.29) is 24.7 Å². The molecule has 1 aromatic heterocycles. The first-order valence-corrected chi connectivity index (χ1v) is 8.68. The number of alkyl halides is 2. The van der Waals surface area contributed by atoms with Gasteiger partial charge in [0.25, 0.3) is 5.91 Å². The first-order valence-electron chi connectivity index (χ1n) is 7.80. The monoisotopic (exact) mass is 313 g/mol. The summed E-state index contributed by atoms with van der Waals surface area (Å²) in [5.41, 5.74) is 1.97. The van der Waals surface area contributed by atoms with Crippen LogP contribution in [-0.4, -0.2) is 18.4 Å². The van der Waals surface area contributed by atoms with Gasteiger partial charge in [0.2, 0.25) is 5.92 Å². The highest BCUT2D eigenvalue weighted by Gasteiger charge is 2.36. The van der Waals surface area contributed by atoms with Gasteiger partial charge in [-0.2, -0.15) is 0 Å². The molecule has 1 fully saturated rings. The number of amides is 1. The van der Waals surface area contributed by atoms with Crippen LogP contribution in [0.2, 0.25) is 0 Å². The minimum atomic E-state index is -2.55. The highest BCUT2D eigenvalue weighted by atomic mass is 32.1. The molecule has 1 saturated carbocycles. The Morgan fingerprint density at radius 2 is 2.14 bits per heavy atom. The van der Waals surface area contributed by atoms with Crippen molar-refractivity contribution in [2.75, 3.05) is 6.54 Å². The SMILES string of the molecule is O=C(NCC1CCCC(F)(F)C1)c1csc2c1CCCC2. The average molecular weight is 313 g/mol. The van der Waals surface area contributed by atoms with E-state index in [9.17, 15) is 13.6 Å². The van der Waals surface area contributed by atoms with Crippen LogP contribution < -0.4 is 5.32 Å². The van der Waals surface area contributed by atoms with Gasteiger partial charge in [-0.1, -0.05) is 0 Å². The van der Waals surface area contributed by atoms with E-state index in [0.29, 0.717) is 13.0 Å². The normalized spacial score (nSPS) is 24.4. The molecule has 0 spiro atoms. The van der Waals surface area contributed by atoms with Crippen LogP contribution in [0.5, 0.6) is 0 Å². The van der Waals surface area contributed by atoms with E-state index in [1.807, 2.05) is 5.38 Å². The van der Waals surface area contributed by atoms with Crippen molar-refractivity contribution < 1.29 is 13.6 Å². The summed E-state index contributed by atoms with van der Waals surface area (Å²) in [5.74, 6) is -2.72. The molecular formula is C16H21F2NOS. The Bertz CT molecular complexity index is 526. The fourth-order valence-corrected chi connectivity index (χ4v) is 4.59. The van der Waals surface area contributed by atoms with Gasteiger partial charge in [-0.25, -0.2) is 8.78 Å². The zero-order valence-electron chi connectivity index (χ0n) is 12.1. The lowest BCUT2D eigenvalue weighted by Crippen LogP contribution is -2.35. The molecule has 5 heteroatoms. The topological polar surface area (TPSA) is 29.1 Å². The van der Waals surface area contributed by atoms with Crippen molar-refractivity contribution >= 4 is 17.2 Å². The lowest BCUT2D eigenvalue weighted by molar-refractivity contribution is -0.0518. The quantitative estimate of drug-likeness (QED) is 0.891. The van der Waals surface area contributed by atoms with E-state index in [1.54, 1.807) is 11.3 Å². The summed E-state index contributed by atoms with van der Waals surface area (Å²) in [6.45, 7) is 0.374. The number of rotatable bonds is 3. The van der Waals surface area contributed by atoms with E-state index in [2.05, 4.69) is 5.32 Å². The third-order valence-corrected chi connectivity index (χ3v) is 5.69. The van der Waals surface area contributed by atoms with Gasteiger partial charge in [-0.3, -0.25) is 4.79 Å². The molecule has 21 heavy (non-hydrogen) atoms. The number of carbonyl (C=O) groups excluding carboxylic acids is 1. The summed E-state index contributed by atoms with van der Waals surface area (Å²) in [7, 11) is 0. The van der Waals surface area contributed by atoms with E-state index in [1.165, 1.54) is 16.9 Å². The summed E-state index contributed by atoms with van der Waals surface area (Å²) >= 11 is 1.66. The lowest BCUT2D eigenvalue weighted by atomic mass is 9.86. The van der Waals surface area contributed by atoms with Crippen molar-refractivity contribution in [2.24, 2.45) is 5.92 Å². The zero-order chi connectivity index (χ0) is 14.9. The minimum Gasteiger partial charge on any atom is -0.352 e. The van der Waals surface area contributed by atoms with Crippen LogP contribution >= 0.6 is 11.3 Å².